The van der Waals surface area contributed by atoms with Gasteiger partial charge in [-0.05, 0) is 58.0 Å². The molecule has 2 N–H and O–H groups in total. The quantitative estimate of drug-likeness (QED) is 0.916. The van der Waals surface area contributed by atoms with Gasteiger partial charge >= 0.3 is 0 Å². The smallest absolute Gasteiger partial charge is 0.0787 e. The Labute approximate surface area is 130 Å². The SMILES string of the molecule is CC(C)(O)Cn1nc(C2CCNCC2)c2cc(Cl)ccc21. The molecule has 1 fully saturated rings. The van der Waals surface area contributed by atoms with Crippen molar-refractivity contribution in [1.82, 2.24) is 15.1 Å². The molecule has 114 valence electrons. The van der Waals surface area contributed by atoms with Gasteiger partial charge in [0.25, 0.3) is 0 Å². The normalized spacial score (nSPS) is 17.5. The van der Waals surface area contributed by atoms with Gasteiger partial charge in [0.1, 0.15) is 0 Å². The van der Waals surface area contributed by atoms with Crippen LogP contribution in [0.25, 0.3) is 10.9 Å². The summed E-state index contributed by atoms with van der Waals surface area (Å²) in [7, 11) is 0. The largest absolute Gasteiger partial charge is 0.389 e. The van der Waals surface area contributed by atoms with Crippen LogP contribution in [0.1, 0.15) is 38.3 Å². The third kappa shape index (κ3) is 3.23. The number of aromatic nitrogens is 2. The lowest BCUT2D eigenvalue weighted by Gasteiger charge is -2.21. The first-order chi connectivity index (χ1) is 9.94. The van der Waals surface area contributed by atoms with E-state index < -0.39 is 5.60 Å². The van der Waals surface area contributed by atoms with Gasteiger partial charge in [0, 0.05) is 16.3 Å². The van der Waals surface area contributed by atoms with Gasteiger partial charge in [0.15, 0.2) is 0 Å². The van der Waals surface area contributed by atoms with E-state index in [1.807, 2.05) is 22.9 Å². The van der Waals surface area contributed by atoms with Crippen LogP contribution < -0.4 is 5.32 Å². The summed E-state index contributed by atoms with van der Waals surface area (Å²) < 4.78 is 1.92. The number of nitrogens with one attached hydrogen (secondary N) is 1. The van der Waals surface area contributed by atoms with Gasteiger partial charge in [-0.2, -0.15) is 5.10 Å². The second-order valence-corrected chi connectivity index (χ2v) is 6.98. The Morgan fingerprint density at radius 1 is 1.38 bits per heavy atom. The molecule has 1 aromatic carbocycles. The molecule has 5 heteroatoms. The molecule has 2 aromatic rings. The summed E-state index contributed by atoms with van der Waals surface area (Å²) in [6, 6.07) is 5.89. The van der Waals surface area contributed by atoms with Crippen LogP contribution in [0.15, 0.2) is 18.2 Å². The van der Waals surface area contributed by atoms with Gasteiger partial charge in [-0.1, -0.05) is 11.6 Å². The average molecular weight is 308 g/mol. The number of benzene rings is 1. The maximum Gasteiger partial charge on any atom is 0.0787 e. The van der Waals surface area contributed by atoms with Gasteiger partial charge in [-0.15, -0.1) is 0 Å². The van der Waals surface area contributed by atoms with Crippen LogP contribution in [0.4, 0.5) is 0 Å². The van der Waals surface area contributed by atoms with Crippen molar-refractivity contribution in [2.75, 3.05) is 13.1 Å². The molecule has 0 unspecified atom stereocenters. The first kappa shape index (κ1) is 14.8. The number of fused-ring (bicyclic) bond motifs is 1. The Morgan fingerprint density at radius 3 is 2.76 bits per heavy atom. The molecule has 1 aromatic heterocycles. The Bertz CT molecular complexity index is 639. The summed E-state index contributed by atoms with van der Waals surface area (Å²) in [4.78, 5) is 0. The molecule has 0 bridgehead atoms. The van der Waals surface area contributed by atoms with E-state index in [1.54, 1.807) is 13.8 Å². The second-order valence-electron chi connectivity index (χ2n) is 6.54. The first-order valence-electron chi connectivity index (χ1n) is 7.53. The predicted molar refractivity (Wildman–Crippen MR) is 85.9 cm³/mol. The van der Waals surface area contributed by atoms with Gasteiger partial charge in [0.2, 0.25) is 0 Å². The number of aliphatic hydroxyl groups is 1. The number of hydrogen-bond acceptors (Lipinski definition) is 3. The van der Waals surface area contributed by atoms with Gasteiger partial charge in [-0.25, -0.2) is 0 Å². The summed E-state index contributed by atoms with van der Waals surface area (Å²) in [5.74, 6) is 0.468. The fraction of sp³-hybridized carbons (Fsp3) is 0.562. The van der Waals surface area contributed by atoms with Gasteiger partial charge < -0.3 is 10.4 Å². The van der Waals surface area contributed by atoms with Crippen molar-refractivity contribution in [1.29, 1.82) is 0 Å². The highest BCUT2D eigenvalue weighted by atomic mass is 35.5. The Kier molecular flexibility index (Phi) is 3.95. The van der Waals surface area contributed by atoms with E-state index in [-0.39, 0.29) is 0 Å². The molecule has 0 aliphatic carbocycles. The summed E-state index contributed by atoms with van der Waals surface area (Å²) in [5.41, 5.74) is 1.39. The fourth-order valence-electron chi connectivity index (χ4n) is 3.06. The van der Waals surface area contributed by atoms with Gasteiger partial charge in [-0.3, -0.25) is 4.68 Å². The van der Waals surface area contributed by atoms with Crippen LogP contribution in [0.2, 0.25) is 5.02 Å². The summed E-state index contributed by atoms with van der Waals surface area (Å²) >= 11 is 6.17. The van der Waals surface area contributed by atoms with Gasteiger partial charge in [0.05, 0.1) is 23.4 Å². The van der Waals surface area contributed by atoms with Crippen molar-refractivity contribution in [2.24, 2.45) is 0 Å². The van der Waals surface area contributed by atoms with E-state index in [4.69, 9.17) is 16.7 Å². The summed E-state index contributed by atoms with van der Waals surface area (Å²) in [5, 5.41) is 20.2. The molecular weight excluding hydrogens is 286 g/mol. The molecular formula is C16H22ClN3O. The molecule has 4 nitrogen and oxygen atoms in total. The van der Waals surface area contributed by atoms with E-state index in [0.717, 1.165) is 47.6 Å². The van der Waals surface area contributed by atoms with E-state index in [2.05, 4.69) is 5.32 Å². The summed E-state index contributed by atoms with van der Waals surface area (Å²) in [6.07, 6.45) is 2.20. The molecule has 3 rings (SSSR count). The van der Waals surface area contributed by atoms with Crippen molar-refractivity contribution in [2.45, 2.75) is 44.8 Å². The topological polar surface area (TPSA) is 50.1 Å². The second kappa shape index (κ2) is 5.59. The van der Waals surface area contributed by atoms with E-state index in [1.165, 1.54) is 0 Å². The highest BCUT2D eigenvalue weighted by molar-refractivity contribution is 6.31. The molecule has 1 aliphatic rings. The lowest BCUT2D eigenvalue weighted by molar-refractivity contribution is 0.0589. The van der Waals surface area contributed by atoms with Crippen LogP contribution in [0, 0.1) is 0 Å². The zero-order chi connectivity index (χ0) is 15.0. The van der Waals surface area contributed by atoms with Crippen molar-refractivity contribution in [3.8, 4) is 0 Å². The first-order valence-corrected chi connectivity index (χ1v) is 7.91. The molecule has 21 heavy (non-hydrogen) atoms. The molecule has 2 heterocycles. The molecule has 0 saturated carbocycles. The third-order valence-corrected chi connectivity index (χ3v) is 4.24. The Morgan fingerprint density at radius 2 is 2.10 bits per heavy atom. The lowest BCUT2D eigenvalue weighted by atomic mass is 9.93. The fourth-order valence-corrected chi connectivity index (χ4v) is 3.23. The molecule has 0 radical (unpaired) electrons. The number of nitrogens with zero attached hydrogens (tertiary/aromatic N) is 2. The van der Waals surface area contributed by atoms with Crippen LogP contribution in [-0.2, 0) is 6.54 Å². The molecule has 0 atom stereocenters. The van der Waals surface area contributed by atoms with E-state index in [9.17, 15) is 5.11 Å². The highest BCUT2D eigenvalue weighted by Crippen LogP contribution is 2.32. The standard InChI is InChI=1S/C16H22ClN3O/c1-16(2,21)10-20-14-4-3-12(17)9-13(14)15(19-20)11-5-7-18-8-6-11/h3-4,9,11,18,21H,5-8,10H2,1-2H3. The van der Waals surface area contributed by atoms with Crippen LogP contribution >= 0.6 is 11.6 Å². The number of rotatable bonds is 3. The molecule has 0 spiro atoms. The van der Waals surface area contributed by atoms with Crippen molar-refractivity contribution in [3.05, 3.63) is 28.9 Å². The molecule has 1 aliphatic heterocycles. The Hall–Kier alpha value is -1.10. The zero-order valence-electron chi connectivity index (χ0n) is 12.6. The van der Waals surface area contributed by atoms with Crippen LogP contribution in [0.3, 0.4) is 0 Å². The monoisotopic (exact) mass is 307 g/mol. The minimum absolute atomic E-state index is 0.468. The maximum atomic E-state index is 10.1. The average Bonchev–Trinajstić information content (AvgIpc) is 2.76. The van der Waals surface area contributed by atoms with Crippen LogP contribution in [-0.4, -0.2) is 33.6 Å². The van der Waals surface area contributed by atoms with Crippen LogP contribution in [0.5, 0.6) is 0 Å². The maximum absolute atomic E-state index is 10.1. The minimum Gasteiger partial charge on any atom is -0.389 e. The summed E-state index contributed by atoms with van der Waals surface area (Å²) in [6.45, 7) is 6.16. The lowest BCUT2D eigenvalue weighted by Crippen LogP contribution is -2.28. The minimum atomic E-state index is -0.788. The van der Waals surface area contributed by atoms with E-state index >= 15 is 0 Å². The third-order valence-electron chi connectivity index (χ3n) is 4.00. The zero-order valence-corrected chi connectivity index (χ0v) is 13.3. The van der Waals surface area contributed by atoms with Crippen molar-refractivity contribution >= 4 is 22.5 Å². The number of halogens is 1. The van der Waals surface area contributed by atoms with Crippen molar-refractivity contribution < 1.29 is 5.11 Å². The molecule has 1 saturated heterocycles. The highest BCUT2D eigenvalue weighted by Gasteiger charge is 2.24. The number of piperidine rings is 1. The number of hydrogen-bond donors (Lipinski definition) is 2. The molecule has 0 amide bonds. The predicted octanol–water partition coefficient (Wildman–Crippen LogP) is 2.93. The van der Waals surface area contributed by atoms with E-state index in [0.29, 0.717) is 12.5 Å². The Balaban J connectivity index is 2.08. The van der Waals surface area contributed by atoms with Crippen molar-refractivity contribution in [3.63, 3.8) is 0 Å².